The summed E-state index contributed by atoms with van der Waals surface area (Å²) in [5.41, 5.74) is 0.800. The van der Waals surface area contributed by atoms with Gasteiger partial charge in [-0.3, -0.25) is 4.79 Å². The van der Waals surface area contributed by atoms with Crippen molar-refractivity contribution in [3.63, 3.8) is 0 Å². The van der Waals surface area contributed by atoms with Gasteiger partial charge in [-0.05, 0) is 39.3 Å². The number of hydrogen-bond donors (Lipinski definition) is 0. The van der Waals surface area contributed by atoms with Gasteiger partial charge < -0.3 is 9.47 Å². The second-order valence-electron chi connectivity index (χ2n) is 5.22. The molecule has 0 amide bonds. The van der Waals surface area contributed by atoms with Crippen LogP contribution in [0.3, 0.4) is 0 Å². The fourth-order valence-corrected chi connectivity index (χ4v) is 1.53. The van der Waals surface area contributed by atoms with Crippen molar-refractivity contribution in [2.24, 2.45) is 0 Å². The number of ether oxygens (including phenoxy) is 2. The Labute approximate surface area is 112 Å². The van der Waals surface area contributed by atoms with Gasteiger partial charge in [0, 0.05) is 5.69 Å². The first-order chi connectivity index (χ1) is 8.73. The number of carbonyl (C=O) groups excluding carboxylic acids is 2. The summed E-state index contributed by atoms with van der Waals surface area (Å²) < 4.78 is 9.88. The first-order valence-electron chi connectivity index (χ1n) is 5.99. The van der Waals surface area contributed by atoms with Gasteiger partial charge >= 0.3 is 11.9 Å². The second kappa shape index (κ2) is 5.82. The molecule has 0 unspecified atom stereocenters. The molecule has 0 N–H and O–H groups in total. The van der Waals surface area contributed by atoms with E-state index in [9.17, 15) is 9.59 Å². The maximum atomic E-state index is 11.8. The Kier molecular flexibility index (Phi) is 4.64. The molecule has 0 aliphatic heterocycles. The Hall–Kier alpha value is -1.91. The molecule has 5 nitrogen and oxygen atoms in total. The van der Waals surface area contributed by atoms with Crippen molar-refractivity contribution in [2.75, 3.05) is 7.11 Å². The second-order valence-corrected chi connectivity index (χ2v) is 5.22. The minimum atomic E-state index is -0.555. The number of pyridine rings is 1. The number of methoxy groups -OCH3 is 1. The van der Waals surface area contributed by atoms with E-state index in [1.54, 1.807) is 39.8 Å². The maximum absolute atomic E-state index is 11.8. The smallest absolute Gasteiger partial charge is 0.356 e. The van der Waals surface area contributed by atoms with Crippen molar-refractivity contribution < 1.29 is 19.1 Å². The van der Waals surface area contributed by atoms with Crippen molar-refractivity contribution in [1.29, 1.82) is 0 Å². The summed E-state index contributed by atoms with van der Waals surface area (Å²) in [6.45, 7) is 7.14. The maximum Gasteiger partial charge on any atom is 0.356 e. The summed E-state index contributed by atoms with van der Waals surface area (Å²) in [7, 11) is 1.28. The van der Waals surface area contributed by atoms with Crippen LogP contribution in [-0.2, 0) is 20.7 Å². The number of rotatable bonds is 3. The summed E-state index contributed by atoms with van der Waals surface area (Å²) in [4.78, 5) is 27.5. The zero-order valence-electron chi connectivity index (χ0n) is 11.9. The molecule has 19 heavy (non-hydrogen) atoms. The average Bonchev–Trinajstić information content (AvgIpc) is 2.28. The molecule has 0 aliphatic rings. The summed E-state index contributed by atoms with van der Waals surface area (Å²) in [6, 6.07) is 3.44. The molecular weight excluding hydrogens is 246 g/mol. The third kappa shape index (κ3) is 4.69. The molecule has 0 spiro atoms. The van der Waals surface area contributed by atoms with Crippen LogP contribution in [0.1, 0.15) is 42.5 Å². The summed E-state index contributed by atoms with van der Waals surface area (Å²) in [6.07, 6.45) is -0.00498. The highest BCUT2D eigenvalue weighted by Crippen LogP contribution is 2.14. The van der Waals surface area contributed by atoms with Crippen LogP contribution in [0.15, 0.2) is 12.1 Å². The van der Waals surface area contributed by atoms with E-state index in [0.717, 1.165) is 0 Å². The topological polar surface area (TPSA) is 65.5 Å². The van der Waals surface area contributed by atoms with Gasteiger partial charge in [0.15, 0.2) is 5.69 Å². The number of esters is 2. The van der Waals surface area contributed by atoms with Gasteiger partial charge in [-0.15, -0.1) is 0 Å². The van der Waals surface area contributed by atoms with E-state index < -0.39 is 17.5 Å². The van der Waals surface area contributed by atoms with Crippen LogP contribution in [0.25, 0.3) is 0 Å². The van der Waals surface area contributed by atoms with Crippen molar-refractivity contribution in [2.45, 2.75) is 39.7 Å². The highest BCUT2D eigenvalue weighted by atomic mass is 16.6. The summed E-state index contributed by atoms with van der Waals surface area (Å²) in [5.74, 6) is -0.953. The Morgan fingerprint density at radius 2 is 1.89 bits per heavy atom. The van der Waals surface area contributed by atoms with Crippen molar-refractivity contribution in [3.8, 4) is 0 Å². The third-order valence-corrected chi connectivity index (χ3v) is 2.25. The van der Waals surface area contributed by atoms with Gasteiger partial charge in [0.2, 0.25) is 0 Å². The Bertz CT molecular complexity index is 489. The Balaban J connectivity index is 2.95. The molecule has 1 rings (SSSR count). The van der Waals surface area contributed by atoms with Gasteiger partial charge in [-0.1, -0.05) is 6.07 Å². The van der Waals surface area contributed by atoms with Gasteiger partial charge in [0.05, 0.1) is 13.5 Å². The molecule has 0 saturated carbocycles. The fraction of sp³-hybridized carbons (Fsp3) is 0.500. The van der Waals surface area contributed by atoms with E-state index in [4.69, 9.17) is 4.74 Å². The SMILES string of the molecule is COC(=O)c1nc(C)ccc1CC(=O)OC(C)(C)C. The third-order valence-electron chi connectivity index (χ3n) is 2.25. The van der Waals surface area contributed by atoms with Crippen LogP contribution < -0.4 is 0 Å². The van der Waals surface area contributed by atoms with Gasteiger partial charge in [-0.2, -0.15) is 0 Å². The number of nitrogens with zero attached hydrogens (tertiary/aromatic N) is 1. The summed E-state index contributed by atoms with van der Waals surface area (Å²) >= 11 is 0. The van der Waals surface area contributed by atoms with E-state index in [2.05, 4.69) is 9.72 Å². The molecule has 1 aromatic rings. The van der Waals surface area contributed by atoms with E-state index in [-0.39, 0.29) is 12.1 Å². The minimum absolute atomic E-state index is 0.00498. The summed E-state index contributed by atoms with van der Waals surface area (Å²) in [5, 5.41) is 0. The molecular formula is C14H19NO4. The molecule has 1 aromatic heterocycles. The first-order valence-corrected chi connectivity index (χ1v) is 5.99. The lowest BCUT2D eigenvalue weighted by Crippen LogP contribution is -2.25. The van der Waals surface area contributed by atoms with E-state index in [1.165, 1.54) is 7.11 Å². The number of aryl methyl sites for hydroxylation is 1. The minimum Gasteiger partial charge on any atom is -0.464 e. The molecule has 0 fully saturated rings. The van der Waals surface area contributed by atoms with Crippen LogP contribution in [0, 0.1) is 6.92 Å². The van der Waals surface area contributed by atoms with Crippen LogP contribution >= 0.6 is 0 Å². The van der Waals surface area contributed by atoms with Crippen LogP contribution in [0.2, 0.25) is 0 Å². The normalized spacial score (nSPS) is 11.0. The van der Waals surface area contributed by atoms with Gasteiger partial charge in [0.25, 0.3) is 0 Å². The zero-order chi connectivity index (χ0) is 14.6. The predicted octanol–water partition coefficient (Wildman–Crippen LogP) is 2.06. The van der Waals surface area contributed by atoms with E-state index in [0.29, 0.717) is 11.3 Å². The number of hydrogen-bond acceptors (Lipinski definition) is 5. The van der Waals surface area contributed by atoms with Crippen LogP contribution in [0.5, 0.6) is 0 Å². The van der Waals surface area contributed by atoms with Crippen LogP contribution in [0.4, 0.5) is 0 Å². The first kappa shape index (κ1) is 15.1. The highest BCUT2D eigenvalue weighted by molar-refractivity contribution is 5.90. The Morgan fingerprint density at radius 3 is 2.42 bits per heavy atom. The lowest BCUT2D eigenvalue weighted by atomic mass is 10.1. The lowest BCUT2D eigenvalue weighted by Gasteiger charge is -2.19. The highest BCUT2D eigenvalue weighted by Gasteiger charge is 2.20. The molecule has 0 aliphatic carbocycles. The fourth-order valence-electron chi connectivity index (χ4n) is 1.53. The number of aromatic nitrogens is 1. The van der Waals surface area contributed by atoms with Crippen LogP contribution in [-0.4, -0.2) is 29.6 Å². The van der Waals surface area contributed by atoms with Crippen molar-refractivity contribution in [1.82, 2.24) is 4.98 Å². The monoisotopic (exact) mass is 265 g/mol. The zero-order valence-corrected chi connectivity index (χ0v) is 11.9. The Morgan fingerprint density at radius 1 is 1.26 bits per heavy atom. The average molecular weight is 265 g/mol. The molecule has 5 heteroatoms. The molecule has 0 saturated heterocycles. The largest absolute Gasteiger partial charge is 0.464 e. The molecule has 104 valence electrons. The van der Waals surface area contributed by atoms with E-state index in [1.807, 2.05) is 0 Å². The van der Waals surface area contributed by atoms with Crippen molar-refractivity contribution >= 4 is 11.9 Å². The quantitative estimate of drug-likeness (QED) is 0.783. The number of carbonyl (C=O) groups is 2. The molecule has 0 atom stereocenters. The molecule has 0 aromatic carbocycles. The van der Waals surface area contributed by atoms with Gasteiger partial charge in [0.1, 0.15) is 5.60 Å². The molecule has 0 radical (unpaired) electrons. The lowest BCUT2D eigenvalue weighted by molar-refractivity contribution is -0.153. The predicted molar refractivity (Wildman–Crippen MR) is 69.9 cm³/mol. The van der Waals surface area contributed by atoms with Gasteiger partial charge in [-0.25, -0.2) is 9.78 Å². The molecule has 0 bridgehead atoms. The van der Waals surface area contributed by atoms with Crippen molar-refractivity contribution in [3.05, 3.63) is 29.1 Å². The standard InChI is InChI=1S/C14H19NO4/c1-9-6-7-10(12(15-9)13(17)18-5)8-11(16)19-14(2,3)4/h6-7H,8H2,1-5H3. The van der Waals surface area contributed by atoms with E-state index >= 15 is 0 Å². The molecule has 1 heterocycles.